The molecule has 0 radical (unpaired) electrons. The van der Waals surface area contributed by atoms with Crippen molar-refractivity contribution in [2.24, 2.45) is 0 Å². The van der Waals surface area contributed by atoms with Crippen molar-refractivity contribution in [2.45, 2.75) is 6.18 Å². The molecule has 0 aliphatic carbocycles. The summed E-state index contributed by atoms with van der Waals surface area (Å²) in [5.74, 6) is -0.660. The van der Waals surface area contributed by atoms with Gasteiger partial charge in [0, 0.05) is 23.5 Å². The summed E-state index contributed by atoms with van der Waals surface area (Å²) in [5.41, 5.74) is -1.77. The molecule has 3 rings (SSSR count). The number of anilines is 4. The van der Waals surface area contributed by atoms with Gasteiger partial charge in [0.15, 0.2) is 0 Å². The van der Waals surface area contributed by atoms with E-state index >= 15 is 0 Å². The molecule has 0 aliphatic rings. The Labute approximate surface area is 165 Å². The number of nitrogens with one attached hydrogen (secondary N) is 2. The molecule has 0 saturated heterocycles. The van der Waals surface area contributed by atoms with Crippen LogP contribution in [0.25, 0.3) is 0 Å². The van der Waals surface area contributed by atoms with Crippen molar-refractivity contribution in [3.63, 3.8) is 0 Å². The molecule has 0 amide bonds. The minimum Gasteiger partial charge on any atom is -0.334 e. The van der Waals surface area contributed by atoms with E-state index in [1.807, 2.05) is 0 Å². The highest BCUT2D eigenvalue weighted by Gasteiger charge is 2.31. The summed E-state index contributed by atoms with van der Waals surface area (Å²) in [6.07, 6.45) is -3.63. The van der Waals surface area contributed by atoms with Crippen molar-refractivity contribution in [2.75, 3.05) is 10.6 Å². The number of aromatic nitrogens is 2. The highest BCUT2D eigenvalue weighted by Crippen LogP contribution is 2.35. The molecule has 0 spiro atoms. The van der Waals surface area contributed by atoms with Gasteiger partial charge in [0.25, 0.3) is 5.69 Å². The lowest BCUT2D eigenvalue weighted by Gasteiger charge is -2.12. The summed E-state index contributed by atoms with van der Waals surface area (Å²) in [7, 11) is 0. The van der Waals surface area contributed by atoms with Crippen LogP contribution in [0.1, 0.15) is 5.56 Å². The van der Waals surface area contributed by atoms with Crippen LogP contribution in [0, 0.1) is 20.2 Å². The second kappa shape index (κ2) is 7.98. The van der Waals surface area contributed by atoms with Gasteiger partial charge in [-0.15, -0.1) is 0 Å². The normalized spacial score (nSPS) is 11.0. The van der Waals surface area contributed by atoms with Gasteiger partial charge in [-0.1, -0.05) is 12.1 Å². The minimum atomic E-state index is -4.59. The maximum absolute atomic E-state index is 12.9. The number of hydrogen-bond donors (Lipinski definition) is 2. The van der Waals surface area contributed by atoms with Gasteiger partial charge in [-0.3, -0.25) is 20.2 Å². The van der Waals surface area contributed by atoms with Gasteiger partial charge in [0.2, 0.25) is 11.6 Å². The third kappa shape index (κ3) is 4.57. The van der Waals surface area contributed by atoms with E-state index in [-0.39, 0.29) is 28.7 Å². The Bertz CT molecular complexity index is 1120. The van der Waals surface area contributed by atoms with Crippen LogP contribution in [0.5, 0.6) is 0 Å². The summed E-state index contributed by atoms with van der Waals surface area (Å²) in [6.45, 7) is 0. The minimum absolute atomic E-state index is 0.0760. The van der Waals surface area contributed by atoms with Crippen LogP contribution in [0.15, 0.2) is 54.9 Å². The van der Waals surface area contributed by atoms with E-state index in [1.54, 1.807) is 0 Å². The molecule has 1 aromatic heterocycles. The van der Waals surface area contributed by atoms with E-state index < -0.39 is 27.3 Å². The Morgan fingerprint density at radius 3 is 1.93 bits per heavy atom. The Morgan fingerprint density at radius 1 is 0.833 bits per heavy atom. The second-order valence-electron chi connectivity index (χ2n) is 5.81. The standard InChI is InChI=1S/C17H11F3N6O4/c18-17(19,20)10-3-1-4-11(7-10)23-15-14(26(29)30)16(22-9-21-15)24-12-5-2-6-13(8-12)25(27)28/h1-9H,(H2,21,22,23,24). The molecule has 0 aliphatic heterocycles. The van der Waals surface area contributed by atoms with Crippen molar-refractivity contribution in [1.29, 1.82) is 0 Å². The van der Waals surface area contributed by atoms with Crippen LogP contribution in [0.4, 0.5) is 47.6 Å². The molecule has 0 fully saturated rings. The van der Waals surface area contributed by atoms with E-state index in [0.717, 1.165) is 30.6 Å². The average Bonchev–Trinajstić information content (AvgIpc) is 2.67. The van der Waals surface area contributed by atoms with E-state index in [2.05, 4.69) is 20.6 Å². The molecule has 154 valence electrons. The zero-order valence-corrected chi connectivity index (χ0v) is 14.8. The summed E-state index contributed by atoms with van der Waals surface area (Å²) in [6, 6.07) is 9.24. The SMILES string of the molecule is O=[N+]([O-])c1cccc(Nc2ncnc(Nc3cccc(C(F)(F)F)c3)c2[N+](=O)[O-])c1. The van der Waals surface area contributed by atoms with Gasteiger partial charge in [0.05, 0.1) is 15.4 Å². The average molecular weight is 420 g/mol. The molecule has 10 nitrogen and oxygen atoms in total. The van der Waals surface area contributed by atoms with Crippen molar-refractivity contribution in [1.82, 2.24) is 9.97 Å². The number of nitrogens with zero attached hydrogens (tertiary/aromatic N) is 4. The summed E-state index contributed by atoms with van der Waals surface area (Å²) in [4.78, 5) is 28.5. The van der Waals surface area contributed by atoms with Crippen LogP contribution in [0.2, 0.25) is 0 Å². The largest absolute Gasteiger partial charge is 0.416 e. The molecule has 2 aromatic carbocycles. The number of alkyl halides is 3. The fourth-order valence-electron chi connectivity index (χ4n) is 2.48. The van der Waals surface area contributed by atoms with Crippen molar-refractivity contribution >= 4 is 34.4 Å². The number of halogens is 3. The van der Waals surface area contributed by atoms with E-state index in [9.17, 15) is 33.4 Å². The van der Waals surface area contributed by atoms with Gasteiger partial charge in [-0.25, -0.2) is 9.97 Å². The maximum Gasteiger partial charge on any atom is 0.416 e. The first-order valence-corrected chi connectivity index (χ1v) is 8.10. The van der Waals surface area contributed by atoms with E-state index in [4.69, 9.17) is 0 Å². The molecular formula is C17H11F3N6O4. The monoisotopic (exact) mass is 420 g/mol. The van der Waals surface area contributed by atoms with Crippen LogP contribution >= 0.6 is 0 Å². The van der Waals surface area contributed by atoms with Crippen molar-refractivity contribution in [3.05, 3.63) is 80.7 Å². The van der Waals surface area contributed by atoms with Crippen LogP contribution in [0.3, 0.4) is 0 Å². The Kier molecular flexibility index (Phi) is 5.44. The highest BCUT2D eigenvalue weighted by atomic mass is 19.4. The van der Waals surface area contributed by atoms with Gasteiger partial charge in [-0.2, -0.15) is 13.2 Å². The number of non-ortho nitro benzene ring substituents is 1. The molecular weight excluding hydrogens is 409 g/mol. The van der Waals surface area contributed by atoms with Crippen molar-refractivity contribution in [3.8, 4) is 0 Å². The smallest absolute Gasteiger partial charge is 0.334 e. The van der Waals surface area contributed by atoms with Crippen LogP contribution in [-0.4, -0.2) is 19.8 Å². The first-order valence-electron chi connectivity index (χ1n) is 8.10. The molecule has 0 saturated carbocycles. The van der Waals surface area contributed by atoms with Gasteiger partial charge >= 0.3 is 11.9 Å². The van der Waals surface area contributed by atoms with Crippen LogP contribution < -0.4 is 10.6 Å². The Balaban J connectivity index is 1.97. The molecule has 2 N–H and O–H groups in total. The number of rotatable bonds is 6. The summed E-state index contributed by atoms with van der Waals surface area (Å²) in [5, 5.41) is 27.5. The lowest BCUT2D eigenvalue weighted by Crippen LogP contribution is -2.07. The molecule has 1 heterocycles. The third-order valence-electron chi connectivity index (χ3n) is 3.78. The Hall–Kier alpha value is -4.29. The lowest BCUT2D eigenvalue weighted by atomic mass is 10.2. The zero-order chi connectivity index (χ0) is 21.9. The van der Waals surface area contributed by atoms with Gasteiger partial charge < -0.3 is 10.6 Å². The van der Waals surface area contributed by atoms with Crippen molar-refractivity contribution < 1.29 is 23.0 Å². The fraction of sp³-hybridized carbons (Fsp3) is 0.0588. The third-order valence-corrected chi connectivity index (χ3v) is 3.78. The summed E-state index contributed by atoms with van der Waals surface area (Å²) < 4.78 is 38.7. The second-order valence-corrected chi connectivity index (χ2v) is 5.81. The molecule has 0 bridgehead atoms. The topological polar surface area (TPSA) is 136 Å². The molecule has 3 aromatic rings. The zero-order valence-electron chi connectivity index (χ0n) is 14.8. The predicted molar refractivity (Wildman–Crippen MR) is 99.8 cm³/mol. The lowest BCUT2D eigenvalue weighted by molar-refractivity contribution is -0.384. The Morgan fingerprint density at radius 2 is 1.40 bits per heavy atom. The van der Waals surface area contributed by atoms with Gasteiger partial charge in [0.1, 0.15) is 6.33 Å². The first-order chi connectivity index (χ1) is 14.1. The van der Waals surface area contributed by atoms with E-state index in [0.29, 0.717) is 0 Å². The van der Waals surface area contributed by atoms with E-state index in [1.165, 1.54) is 24.3 Å². The van der Waals surface area contributed by atoms with Crippen LogP contribution in [-0.2, 0) is 6.18 Å². The number of nitro benzene ring substituents is 1. The molecule has 0 atom stereocenters. The predicted octanol–water partition coefficient (Wildman–Crippen LogP) is 4.80. The quantitative estimate of drug-likeness (QED) is 0.429. The summed E-state index contributed by atoms with van der Waals surface area (Å²) >= 11 is 0. The number of hydrogen-bond acceptors (Lipinski definition) is 8. The fourth-order valence-corrected chi connectivity index (χ4v) is 2.48. The number of benzene rings is 2. The number of nitro groups is 2. The first kappa shape index (κ1) is 20.4. The van der Waals surface area contributed by atoms with Gasteiger partial charge in [-0.05, 0) is 24.3 Å². The molecule has 0 unspecified atom stereocenters. The molecule has 30 heavy (non-hydrogen) atoms. The molecule has 13 heteroatoms. The highest BCUT2D eigenvalue weighted by molar-refractivity contribution is 5.77. The maximum atomic E-state index is 12.9.